The number of rotatable bonds is 4. The Kier molecular flexibility index (Phi) is 4.68. The van der Waals surface area contributed by atoms with Crippen LogP contribution in [0.2, 0.25) is 0 Å². The van der Waals surface area contributed by atoms with Crippen molar-refractivity contribution in [2.24, 2.45) is 0 Å². The third-order valence-electron chi connectivity index (χ3n) is 2.86. The van der Waals surface area contributed by atoms with Crippen molar-refractivity contribution in [2.45, 2.75) is 19.1 Å². The number of aromatic nitrogens is 1. The summed E-state index contributed by atoms with van der Waals surface area (Å²) in [5, 5.41) is 4.60. The maximum atomic E-state index is 12.6. The summed E-state index contributed by atoms with van der Waals surface area (Å²) in [6.07, 6.45) is -1.10. The van der Waals surface area contributed by atoms with Gasteiger partial charge in [0.1, 0.15) is 18.1 Å². The van der Waals surface area contributed by atoms with Gasteiger partial charge in [0.15, 0.2) is 0 Å². The van der Waals surface area contributed by atoms with E-state index in [2.05, 4.69) is 15.6 Å². The zero-order valence-electron chi connectivity index (χ0n) is 11.8. The number of hydrogen-bond donors (Lipinski definition) is 2. The molecule has 0 fully saturated rings. The number of carbonyl (C=O) groups is 2. The molecule has 122 valence electrons. The zero-order valence-corrected chi connectivity index (χ0v) is 11.8. The zero-order chi connectivity index (χ0) is 17.0. The van der Waals surface area contributed by atoms with Crippen molar-refractivity contribution in [2.75, 3.05) is 5.32 Å². The van der Waals surface area contributed by atoms with Gasteiger partial charge in [0.25, 0.3) is 5.91 Å². The largest absolute Gasteiger partial charge is 0.472 e. The molecule has 2 rings (SSSR count). The average Bonchev–Trinajstić information content (AvgIpc) is 3.00. The van der Waals surface area contributed by atoms with Gasteiger partial charge in [0.05, 0.1) is 17.4 Å². The lowest BCUT2D eigenvalue weighted by Gasteiger charge is -2.14. The molecular weight excluding hydrogens is 315 g/mol. The molecule has 0 aliphatic carbocycles. The number of amides is 2. The highest BCUT2D eigenvalue weighted by Crippen LogP contribution is 2.29. The SMILES string of the molecule is C[C@@H](NC(=O)c1ccoc1)C(=O)Nc1cc(C(F)(F)F)ccn1. The Morgan fingerprint density at radius 2 is 2.04 bits per heavy atom. The van der Waals surface area contributed by atoms with Gasteiger partial charge in [-0.1, -0.05) is 0 Å². The lowest BCUT2D eigenvalue weighted by atomic mass is 10.2. The molecule has 23 heavy (non-hydrogen) atoms. The van der Waals surface area contributed by atoms with Gasteiger partial charge >= 0.3 is 6.18 Å². The number of pyridine rings is 1. The van der Waals surface area contributed by atoms with Gasteiger partial charge in [-0.05, 0) is 25.1 Å². The Balaban J connectivity index is 2.00. The highest BCUT2D eigenvalue weighted by Gasteiger charge is 2.31. The van der Waals surface area contributed by atoms with Gasteiger partial charge in [-0.3, -0.25) is 9.59 Å². The molecule has 9 heteroatoms. The van der Waals surface area contributed by atoms with Crippen LogP contribution in [0.1, 0.15) is 22.8 Å². The molecule has 0 saturated carbocycles. The molecule has 2 N–H and O–H groups in total. The first kappa shape index (κ1) is 16.5. The van der Waals surface area contributed by atoms with Crippen LogP contribution in [0.15, 0.2) is 41.3 Å². The van der Waals surface area contributed by atoms with Crippen molar-refractivity contribution in [3.63, 3.8) is 0 Å². The van der Waals surface area contributed by atoms with Crippen molar-refractivity contribution < 1.29 is 27.2 Å². The fourth-order valence-corrected chi connectivity index (χ4v) is 1.65. The highest BCUT2D eigenvalue weighted by atomic mass is 19.4. The van der Waals surface area contributed by atoms with E-state index >= 15 is 0 Å². The van der Waals surface area contributed by atoms with E-state index in [0.717, 1.165) is 12.3 Å². The smallest absolute Gasteiger partial charge is 0.416 e. The number of anilines is 1. The van der Waals surface area contributed by atoms with Gasteiger partial charge in [-0.2, -0.15) is 13.2 Å². The molecule has 0 radical (unpaired) electrons. The second kappa shape index (κ2) is 6.51. The Bertz CT molecular complexity index is 699. The predicted molar refractivity (Wildman–Crippen MR) is 73.5 cm³/mol. The van der Waals surface area contributed by atoms with E-state index in [1.165, 1.54) is 25.5 Å². The summed E-state index contributed by atoms with van der Waals surface area (Å²) in [5.74, 6) is -1.50. The van der Waals surface area contributed by atoms with Crippen LogP contribution in [-0.4, -0.2) is 22.8 Å². The molecule has 2 heterocycles. The predicted octanol–water partition coefficient (Wildman–Crippen LogP) is 2.45. The topological polar surface area (TPSA) is 84.2 Å². The molecule has 0 saturated heterocycles. The molecule has 0 aliphatic heterocycles. The van der Waals surface area contributed by atoms with E-state index in [1.807, 2.05) is 0 Å². The van der Waals surface area contributed by atoms with E-state index < -0.39 is 29.6 Å². The molecule has 6 nitrogen and oxygen atoms in total. The van der Waals surface area contributed by atoms with Gasteiger partial charge in [0.2, 0.25) is 5.91 Å². The van der Waals surface area contributed by atoms with Crippen LogP contribution in [0.5, 0.6) is 0 Å². The molecular formula is C14H12F3N3O3. The molecule has 0 bridgehead atoms. The molecule has 0 aliphatic rings. The summed E-state index contributed by atoms with van der Waals surface area (Å²) in [6.45, 7) is 1.39. The van der Waals surface area contributed by atoms with E-state index in [1.54, 1.807) is 0 Å². The normalized spacial score (nSPS) is 12.5. The Hall–Kier alpha value is -2.84. The van der Waals surface area contributed by atoms with Crippen molar-refractivity contribution in [3.05, 3.63) is 48.0 Å². The number of carbonyl (C=O) groups excluding carboxylic acids is 2. The van der Waals surface area contributed by atoms with Crippen LogP contribution >= 0.6 is 0 Å². The summed E-state index contributed by atoms with van der Waals surface area (Å²) in [6, 6.07) is 1.94. The molecule has 0 aromatic carbocycles. The first-order valence-electron chi connectivity index (χ1n) is 6.44. The quantitative estimate of drug-likeness (QED) is 0.903. The first-order valence-corrected chi connectivity index (χ1v) is 6.44. The summed E-state index contributed by atoms with van der Waals surface area (Å²) >= 11 is 0. The van der Waals surface area contributed by atoms with Crippen LogP contribution in [-0.2, 0) is 11.0 Å². The second-order valence-electron chi connectivity index (χ2n) is 4.62. The standard InChI is InChI=1S/C14H12F3N3O3/c1-8(19-13(22)9-3-5-23-7-9)12(21)20-11-6-10(2-4-18-11)14(15,16)17/h2-8H,1H3,(H,19,22)(H,18,20,21)/t8-/m1/s1. The minimum absolute atomic E-state index is 0.224. The Morgan fingerprint density at radius 1 is 1.30 bits per heavy atom. The number of nitrogens with zero attached hydrogens (tertiary/aromatic N) is 1. The molecule has 2 aromatic heterocycles. The van der Waals surface area contributed by atoms with Gasteiger partial charge in [0, 0.05) is 6.20 Å². The van der Waals surface area contributed by atoms with Gasteiger partial charge in [-0.15, -0.1) is 0 Å². The number of hydrogen-bond acceptors (Lipinski definition) is 4. The van der Waals surface area contributed by atoms with Crippen LogP contribution in [0, 0.1) is 0 Å². The summed E-state index contributed by atoms with van der Waals surface area (Å²) < 4.78 is 42.5. The van der Waals surface area contributed by atoms with Crippen LogP contribution in [0.3, 0.4) is 0 Å². The number of alkyl halides is 3. The van der Waals surface area contributed by atoms with Crippen LogP contribution in [0.4, 0.5) is 19.0 Å². The minimum Gasteiger partial charge on any atom is -0.472 e. The maximum Gasteiger partial charge on any atom is 0.416 e. The van der Waals surface area contributed by atoms with Gasteiger partial charge in [-0.25, -0.2) is 4.98 Å². The number of nitrogens with one attached hydrogen (secondary N) is 2. The fraction of sp³-hybridized carbons (Fsp3) is 0.214. The summed E-state index contributed by atoms with van der Waals surface area (Å²) in [5.41, 5.74) is -0.709. The van der Waals surface area contributed by atoms with Crippen LogP contribution < -0.4 is 10.6 Å². The monoisotopic (exact) mass is 327 g/mol. The third kappa shape index (κ3) is 4.31. The molecule has 0 spiro atoms. The van der Waals surface area contributed by atoms with E-state index in [9.17, 15) is 22.8 Å². The summed E-state index contributed by atoms with van der Waals surface area (Å²) in [7, 11) is 0. The molecule has 2 amide bonds. The Labute approximate surface area is 128 Å². The number of halogens is 3. The van der Waals surface area contributed by atoms with Crippen molar-refractivity contribution in [1.29, 1.82) is 0 Å². The van der Waals surface area contributed by atoms with Crippen molar-refractivity contribution in [1.82, 2.24) is 10.3 Å². The summed E-state index contributed by atoms with van der Waals surface area (Å²) in [4.78, 5) is 27.3. The Morgan fingerprint density at radius 3 is 2.65 bits per heavy atom. The van der Waals surface area contributed by atoms with Crippen molar-refractivity contribution in [3.8, 4) is 0 Å². The molecule has 0 unspecified atom stereocenters. The molecule has 2 aromatic rings. The lowest BCUT2D eigenvalue weighted by Crippen LogP contribution is -2.41. The van der Waals surface area contributed by atoms with E-state index in [4.69, 9.17) is 4.42 Å². The lowest BCUT2D eigenvalue weighted by molar-refractivity contribution is -0.137. The third-order valence-corrected chi connectivity index (χ3v) is 2.86. The fourth-order valence-electron chi connectivity index (χ4n) is 1.65. The van der Waals surface area contributed by atoms with E-state index in [0.29, 0.717) is 6.07 Å². The maximum absolute atomic E-state index is 12.6. The van der Waals surface area contributed by atoms with Crippen molar-refractivity contribution >= 4 is 17.6 Å². The van der Waals surface area contributed by atoms with Gasteiger partial charge < -0.3 is 15.1 Å². The molecule has 1 atom stereocenters. The van der Waals surface area contributed by atoms with E-state index in [-0.39, 0.29) is 11.4 Å². The highest BCUT2D eigenvalue weighted by molar-refractivity contribution is 6.00. The van der Waals surface area contributed by atoms with Crippen LogP contribution in [0.25, 0.3) is 0 Å². The first-order chi connectivity index (χ1) is 10.8. The second-order valence-corrected chi connectivity index (χ2v) is 4.62. The minimum atomic E-state index is -4.54. The number of furan rings is 1. The average molecular weight is 327 g/mol.